The Bertz CT molecular complexity index is 1050. The van der Waals surface area contributed by atoms with Gasteiger partial charge in [0.15, 0.2) is 10.8 Å². The van der Waals surface area contributed by atoms with E-state index in [0.717, 1.165) is 18.1 Å². The molecule has 2 saturated heterocycles. The minimum Gasteiger partial charge on any atom is -0.381 e. The van der Waals surface area contributed by atoms with Gasteiger partial charge in [0.1, 0.15) is 11.6 Å². The molecule has 2 aliphatic rings. The number of nitrogens with zero attached hydrogens (tertiary/aromatic N) is 3. The van der Waals surface area contributed by atoms with E-state index in [2.05, 4.69) is 34.4 Å². The largest absolute Gasteiger partial charge is 0.433 e. The van der Waals surface area contributed by atoms with E-state index in [1.165, 1.54) is 12.1 Å². The van der Waals surface area contributed by atoms with Crippen molar-refractivity contribution in [3.8, 4) is 0 Å². The van der Waals surface area contributed by atoms with Gasteiger partial charge in [0.2, 0.25) is 5.95 Å². The Hall–Kier alpha value is -2.53. The predicted molar refractivity (Wildman–Crippen MR) is 135 cm³/mol. The zero-order valence-corrected chi connectivity index (χ0v) is 21.2. The van der Waals surface area contributed by atoms with Gasteiger partial charge in [0.25, 0.3) is 0 Å². The lowest BCUT2D eigenvalue weighted by Gasteiger charge is -2.38. The van der Waals surface area contributed by atoms with Gasteiger partial charge >= 0.3 is 6.18 Å². The van der Waals surface area contributed by atoms with Crippen molar-refractivity contribution >= 4 is 29.1 Å². The molecule has 6 nitrogen and oxygen atoms in total. The number of piperidine rings is 1. The topological polar surface area (TPSA) is 62.3 Å². The van der Waals surface area contributed by atoms with E-state index < -0.39 is 11.9 Å². The van der Waals surface area contributed by atoms with Gasteiger partial charge in [-0.1, -0.05) is 26.0 Å². The van der Waals surface area contributed by atoms with Crippen LogP contribution in [0.2, 0.25) is 0 Å². The van der Waals surface area contributed by atoms with Crippen LogP contribution in [0.4, 0.5) is 29.3 Å². The van der Waals surface area contributed by atoms with E-state index in [1.807, 2.05) is 4.90 Å². The number of alkyl halides is 3. The highest BCUT2D eigenvalue weighted by atomic mass is 32.1. The van der Waals surface area contributed by atoms with Crippen LogP contribution in [0.5, 0.6) is 0 Å². The van der Waals surface area contributed by atoms with Gasteiger partial charge in [-0.2, -0.15) is 18.2 Å². The number of aromatic nitrogens is 2. The SMILES string of the molecule is CC1CC(C)CN(c2cc(C(F)(F)F)nc(NC(=S)NCC3(c4ccc(F)cc4)CCOCC3)n2)C1. The maximum Gasteiger partial charge on any atom is 0.433 e. The van der Waals surface area contributed by atoms with Crippen molar-refractivity contribution < 1.29 is 22.3 Å². The summed E-state index contributed by atoms with van der Waals surface area (Å²) >= 11 is 5.41. The number of rotatable bonds is 5. The summed E-state index contributed by atoms with van der Waals surface area (Å²) in [7, 11) is 0. The van der Waals surface area contributed by atoms with Crippen molar-refractivity contribution in [3.05, 3.63) is 47.4 Å². The molecule has 2 aromatic rings. The Balaban J connectivity index is 1.51. The van der Waals surface area contributed by atoms with Crippen molar-refractivity contribution in [3.63, 3.8) is 0 Å². The molecule has 1 aromatic heterocycles. The standard InChI is InChI=1S/C25H31F4N5OS/c1-16-11-17(2)14-34(13-16)21-12-20(25(27,28)29)31-22(32-21)33-23(36)30-15-24(7-9-35-10-8-24)18-3-5-19(26)6-4-18/h3-6,12,16-17H,7-11,13-15H2,1-2H3,(H2,30,31,32,33,36). The lowest BCUT2D eigenvalue weighted by molar-refractivity contribution is -0.141. The fourth-order valence-electron chi connectivity index (χ4n) is 5.18. The van der Waals surface area contributed by atoms with Gasteiger partial charge in [-0.15, -0.1) is 0 Å². The van der Waals surface area contributed by atoms with E-state index in [4.69, 9.17) is 17.0 Å². The number of halogens is 4. The van der Waals surface area contributed by atoms with E-state index >= 15 is 0 Å². The van der Waals surface area contributed by atoms with E-state index in [9.17, 15) is 17.6 Å². The van der Waals surface area contributed by atoms with Crippen molar-refractivity contribution in [1.82, 2.24) is 15.3 Å². The minimum absolute atomic E-state index is 0.119. The summed E-state index contributed by atoms with van der Waals surface area (Å²) in [5.41, 5.74) is -0.415. The molecule has 0 radical (unpaired) electrons. The number of benzene rings is 1. The monoisotopic (exact) mass is 525 g/mol. The highest BCUT2D eigenvalue weighted by Crippen LogP contribution is 2.35. The Morgan fingerprint density at radius 3 is 2.36 bits per heavy atom. The molecule has 0 saturated carbocycles. The summed E-state index contributed by atoms with van der Waals surface area (Å²) in [6.07, 6.45) is -2.20. The van der Waals surface area contributed by atoms with Crippen LogP contribution in [0.3, 0.4) is 0 Å². The quantitative estimate of drug-likeness (QED) is 0.414. The van der Waals surface area contributed by atoms with Gasteiger partial charge in [-0.05, 0) is 61.0 Å². The first kappa shape index (κ1) is 26.5. The second-order valence-electron chi connectivity index (χ2n) is 9.99. The lowest BCUT2D eigenvalue weighted by atomic mass is 9.74. The molecule has 3 heterocycles. The number of ether oxygens (including phenoxy) is 1. The van der Waals surface area contributed by atoms with Gasteiger partial charge in [0.05, 0.1) is 0 Å². The van der Waals surface area contributed by atoms with E-state index in [0.29, 0.717) is 57.5 Å². The Morgan fingerprint density at radius 1 is 1.11 bits per heavy atom. The van der Waals surface area contributed by atoms with Crippen molar-refractivity contribution in [2.45, 2.75) is 44.7 Å². The Kier molecular flexibility index (Phi) is 7.99. The Morgan fingerprint density at radius 2 is 1.75 bits per heavy atom. The molecule has 0 bridgehead atoms. The smallest absolute Gasteiger partial charge is 0.381 e. The normalized spacial score (nSPS) is 22.2. The molecule has 2 N–H and O–H groups in total. The van der Waals surface area contributed by atoms with Crippen LogP contribution in [0, 0.1) is 17.7 Å². The van der Waals surface area contributed by atoms with Gasteiger partial charge in [-0.3, -0.25) is 0 Å². The molecular formula is C25H31F4N5OS. The second-order valence-corrected chi connectivity index (χ2v) is 10.4. The van der Waals surface area contributed by atoms with Gasteiger partial charge in [-0.25, -0.2) is 9.37 Å². The zero-order valence-electron chi connectivity index (χ0n) is 20.4. The molecule has 0 spiro atoms. The predicted octanol–water partition coefficient (Wildman–Crippen LogP) is 5.15. The summed E-state index contributed by atoms with van der Waals surface area (Å²) in [4.78, 5) is 9.95. The molecule has 0 aliphatic carbocycles. The van der Waals surface area contributed by atoms with Crippen molar-refractivity contribution in [2.24, 2.45) is 11.8 Å². The van der Waals surface area contributed by atoms with Crippen LogP contribution in [0.1, 0.15) is 44.4 Å². The molecule has 4 rings (SSSR count). The van der Waals surface area contributed by atoms with Crippen molar-refractivity contribution in [1.29, 1.82) is 0 Å². The van der Waals surface area contributed by atoms with Gasteiger partial charge in [0, 0.05) is 44.3 Å². The summed E-state index contributed by atoms with van der Waals surface area (Å²) in [6, 6.07) is 7.34. The first-order chi connectivity index (χ1) is 17.0. The van der Waals surface area contributed by atoms with Gasteiger partial charge < -0.3 is 20.3 Å². The Labute approximate surface area is 213 Å². The second kappa shape index (κ2) is 10.8. The maximum atomic E-state index is 13.6. The number of hydrogen-bond donors (Lipinski definition) is 2. The molecule has 2 aliphatic heterocycles. The third kappa shape index (κ3) is 6.42. The van der Waals surface area contributed by atoms with Crippen LogP contribution < -0.4 is 15.5 Å². The maximum absolute atomic E-state index is 13.6. The molecule has 1 aromatic carbocycles. The summed E-state index contributed by atoms with van der Waals surface area (Å²) < 4.78 is 59.9. The van der Waals surface area contributed by atoms with E-state index in [1.54, 1.807) is 12.1 Å². The molecule has 2 unspecified atom stereocenters. The molecule has 2 fully saturated rings. The number of hydrogen-bond acceptors (Lipinski definition) is 5. The third-order valence-electron chi connectivity index (χ3n) is 6.92. The molecule has 196 valence electrons. The van der Waals surface area contributed by atoms with Crippen LogP contribution in [0.25, 0.3) is 0 Å². The average Bonchev–Trinajstić information content (AvgIpc) is 2.82. The summed E-state index contributed by atoms with van der Waals surface area (Å²) in [5.74, 6) is 0.402. The number of thiocarbonyl (C=S) groups is 1. The van der Waals surface area contributed by atoms with Crippen LogP contribution in [0.15, 0.2) is 30.3 Å². The molecule has 36 heavy (non-hydrogen) atoms. The molecular weight excluding hydrogens is 494 g/mol. The minimum atomic E-state index is -4.62. The molecule has 11 heteroatoms. The highest BCUT2D eigenvalue weighted by Gasteiger charge is 2.36. The molecule has 0 amide bonds. The zero-order chi connectivity index (χ0) is 25.9. The number of nitrogens with one attached hydrogen (secondary N) is 2. The first-order valence-corrected chi connectivity index (χ1v) is 12.5. The van der Waals surface area contributed by atoms with Crippen LogP contribution >= 0.6 is 12.2 Å². The van der Waals surface area contributed by atoms with Crippen LogP contribution in [-0.2, 0) is 16.3 Å². The van der Waals surface area contributed by atoms with Crippen LogP contribution in [-0.4, -0.2) is 47.9 Å². The molecule has 2 atom stereocenters. The number of anilines is 2. The summed E-state index contributed by atoms with van der Waals surface area (Å²) in [5, 5.41) is 6.00. The van der Waals surface area contributed by atoms with Crippen molar-refractivity contribution in [2.75, 3.05) is 43.1 Å². The third-order valence-corrected chi connectivity index (χ3v) is 7.16. The average molecular weight is 526 g/mol. The van der Waals surface area contributed by atoms with E-state index in [-0.39, 0.29) is 28.1 Å². The summed E-state index contributed by atoms with van der Waals surface area (Å²) in [6.45, 7) is 6.92. The first-order valence-electron chi connectivity index (χ1n) is 12.1. The fourth-order valence-corrected chi connectivity index (χ4v) is 5.34. The highest BCUT2D eigenvalue weighted by molar-refractivity contribution is 7.80. The lowest BCUT2D eigenvalue weighted by Crippen LogP contribution is -2.45. The fraction of sp³-hybridized carbons (Fsp3) is 0.560.